The number of hydrogen-bond donors (Lipinski definition) is 3. The lowest BCUT2D eigenvalue weighted by Crippen LogP contribution is -2.12. The molecule has 0 fully saturated rings. The predicted octanol–water partition coefficient (Wildman–Crippen LogP) is 4.19. The third kappa shape index (κ3) is 3.12. The molecule has 0 aliphatic rings. The van der Waals surface area contributed by atoms with Gasteiger partial charge in [0.25, 0.3) is 5.91 Å². The highest BCUT2D eigenvalue weighted by Crippen LogP contribution is 2.24. The number of aromatic amines is 1. The van der Waals surface area contributed by atoms with Crippen molar-refractivity contribution in [3.05, 3.63) is 63.8 Å². The van der Waals surface area contributed by atoms with Crippen molar-refractivity contribution < 1.29 is 14.7 Å². The molecule has 23 heavy (non-hydrogen) atoms. The molecule has 0 bridgehead atoms. The first-order valence-corrected chi connectivity index (χ1v) is 7.67. The highest BCUT2D eigenvalue weighted by atomic mass is 79.9. The summed E-state index contributed by atoms with van der Waals surface area (Å²) in [6.45, 7) is 1.96. The summed E-state index contributed by atoms with van der Waals surface area (Å²) in [7, 11) is 0. The maximum atomic E-state index is 12.4. The fourth-order valence-electron chi connectivity index (χ4n) is 2.43. The van der Waals surface area contributed by atoms with Crippen molar-refractivity contribution in [3.63, 3.8) is 0 Å². The molecule has 3 aromatic rings. The minimum Gasteiger partial charge on any atom is -0.478 e. The zero-order valence-corrected chi connectivity index (χ0v) is 13.8. The van der Waals surface area contributed by atoms with Crippen LogP contribution in [0.2, 0.25) is 0 Å². The molecule has 2 aromatic carbocycles. The van der Waals surface area contributed by atoms with Gasteiger partial charge in [-0.05, 0) is 48.9 Å². The first kappa shape index (κ1) is 15.3. The maximum Gasteiger partial charge on any atom is 0.335 e. The first-order valence-electron chi connectivity index (χ1n) is 6.87. The molecular formula is C17H13BrN2O3. The molecule has 5 nitrogen and oxygen atoms in total. The van der Waals surface area contributed by atoms with Crippen LogP contribution in [0.3, 0.4) is 0 Å². The van der Waals surface area contributed by atoms with Gasteiger partial charge in [0.05, 0.1) is 5.56 Å². The molecule has 0 saturated heterocycles. The van der Waals surface area contributed by atoms with E-state index in [0.717, 1.165) is 20.9 Å². The summed E-state index contributed by atoms with van der Waals surface area (Å²) in [4.78, 5) is 26.4. The lowest BCUT2D eigenvalue weighted by Gasteiger charge is -2.04. The third-order valence-corrected chi connectivity index (χ3v) is 3.96. The van der Waals surface area contributed by atoms with Gasteiger partial charge in [0.1, 0.15) is 5.69 Å². The zero-order valence-electron chi connectivity index (χ0n) is 12.2. The van der Waals surface area contributed by atoms with Crippen LogP contribution in [0, 0.1) is 6.92 Å². The van der Waals surface area contributed by atoms with Crippen molar-refractivity contribution in [3.8, 4) is 0 Å². The fourth-order valence-corrected chi connectivity index (χ4v) is 3.02. The Labute approximate surface area is 140 Å². The number of halogens is 1. The highest BCUT2D eigenvalue weighted by molar-refractivity contribution is 9.10. The third-order valence-electron chi connectivity index (χ3n) is 3.50. The van der Waals surface area contributed by atoms with E-state index < -0.39 is 5.97 Å². The Kier molecular flexibility index (Phi) is 3.92. The number of aryl methyl sites for hydroxylation is 1. The molecule has 1 aromatic heterocycles. The largest absolute Gasteiger partial charge is 0.478 e. The van der Waals surface area contributed by atoms with Crippen molar-refractivity contribution >= 4 is 44.4 Å². The Balaban J connectivity index is 1.90. The van der Waals surface area contributed by atoms with Gasteiger partial charge in [0.2, 0.25) is 0 Å². The van der Waals surface area contributed by atoms with Gasteiger partial charge in [-0.15, -0.1) is 0 Å². The molecule has 0 saturated carbocycles. The molecule has 0 atom stereocenters. The quantitative estimate of drug-likeness (QED) is 0.644. The van der Waals surface area contributed by atoms with Gasteiger partial charge in [-0.2, -0.15) is 0 Å². The predicted molar refractivity (Wildman–Crippen MR) is 92.1 cm³/mol. The molecule has 1 heterocycles. The molecule has 6 heteroatoms. The van der Waals surface area contributed by atoms with E-state index >= 15 is 0 Å². The van der Waals surface area contributed by atoms with Crippen LogP contribution >= 0.6 is 15.9 Å². The molecule has 0 radical (unpaired) electrons. The number of amides is 1. The van der Waals surface area contributed by atoms with Crippen LogP contribution in [-0.4, -0.2) is 22.0 Å². The molecule has 3 rings (SSSR count). The standard InChI is InChI=1S/C17H13BrN2O3/c1-9-5-12(18)6-11-8-14(20-15(9)11)16(21)19-13-4-2-3-10(7-13)17(22)23/h2-8,20H,1H3,(H,19,21)(H,22,23). The SMILES string of the molecule is Cc1cc(Br)cc2cc(C(=O)Nc3cccc(C(=O)O)c3)[nH]c12. The number of aromatic nitrogens is 1. The number of carboxylic acid groups (broad SMARTS) is 1. The van der Waals surface area contributed by atoms with E-state index in [4.69, 9.17) is 5.11 Å². The summed E-state index contributed by atoms with van der Waals surface area (Å²) < 4.78 is 0.947. The van der Waals surface area contributed by atoms with Crippen LogP contribution in [0.15, 0.2) is 46.9 Å². The Morgan fingerprint density at radius 3 is 2.70 bits per heavy atom. The Morgan fingerprint density at radius 1 is 1.17 bits per heavy atom. The summed E-state index contributed by atoms with van der Waals surface area (Å²) in [5, 5.41) is 12.6. The van der Waals surface area contributed by atoms with E-state index in [1.807, 2.05) is 19.1 Å². The smallest absolute Gasteiger partial charge is 0.335 e. The van der Waals surface area contributed by atoms with E-state index in [1.54, 1.807) is 18.2 Å². The average molecular weight is 373 g/mol. The minimum atomic E-state index is -1.04. The molecule has 0 aliphatic carbocycles. The van der Waals surface area contributed by atoms with Crippen LogP contribution < -0.4 is 5.32 Å². The lowest BCUT2D eigenvalue weighted by atomic mass is 10.2. The summed E-state index contributed by atoms with van der Waals surface area (Å²) in [5.74, 6) is -1.36. The van der Waals surface area contributed by atoms with Gasteiger partial charge in [0.15, 0.2) is 0 Å². The van der Waals surface area contributed by atoms with Crippen LogP contribution in [0.25, 0.3) is 10.9 Å². The second-order valence-electron chi connectivity index (χ2n) is 5.21. The summed E-state index contributed by atoms with van der Waals surface area (Å²) in [5.41, 5.74) is 2.91. The second kappa shape index (κ2) is 5.89. The number of benzene rings is 2. The molecule has 116 valence electrons. The number of H-pyrrole nitrogens is 1. The van der Waals surface area contributed by atoms with Gasteiger partial charge in [-0.25, -0.2) is 4.79 Å². The van der Waals surface area contributed by atoms with Crippen LogP contribution in [-0.2, 0) is 0 Å². The summed E-state index contributed by atoms with van der Waals surface area (Å²) in [6, 6.07) is 11.8. The number of carbonyl (C=O) groups is 2. The topological polar surface area (TPSA) is 82.2 Å². The van der Waals surface area contributed by atoms with Gasteiger partial charge in [0, 0.05) is 21.1 Å². The van der Waals surface area contributed by atoms with E-state index in [0.29, 0.717) is 11.4 Å². The van der Waals surface area contributed by atoms with Crippen molar-refractivity contribution in [1.82, 2.24) is 4.98 Å². The van der Waals surface area contributed by atoms with Gasteiger partial charge in [-0.1, -0.05) is 22.0 Å². The molecule has 1 amide bonds. The number of anilines is 1. The lowest BCUT2D eigenvalue weighted by molar-refractivity contribution is 0.0696. The highest BCUT2D eigenvalue weighted by Gasteiger charge is 2.12. The normalized spacial score (nSPS) is 10.7. The number of carboxylic acids is 1. The van der Waals surface area contributed by atoms with Gasteiger partial charge >= 0.3 is 5.97 Å². The Bertz CT molecular complexity index is 931. The number of carbonyl (C=O) groups excluding carboxylic acids is 1. The van der Waals surface area contributed by atoms with E-state index in [-0.39, 0.29) is 11.5 Å². The number of nitrogens with one attached hydrogen (secondary N) is 2. The number of aromatic carboxylic acids is 1. The zero-order chi connectivity index (χ0) is 16.6. The van der Waals surface area contributed by atoms with Crippen molar-refractivity contribution in [2.75, 3.05) is 5.32 Å². The summed E-state index contributed by atoms with van der Waals surface area (Å²) >= 11 is 3.43. The van der Waals surface area contributed by atoms with E-state index in [2.05, 4.69) is 26.2 Å². The first-order chi connectivity index (χ1) is 10.9. The monoisotopic (exact) mass is 372 g/mol. The molecule has 0 unspecified atom stereocenters. The maximum absolute atomic E-state index is 12.4. The molecule has 3 N–H and O–H groups in total. The van der Waals surface area contributed by atoms with E-state index in [1.165, 1.54) is 12.1 Å². The van der Waals surface area contributed by atoms with Crippen LogP contribution in [0.1, 0.15) is 26.4 Å². The molecule has 0 aliphatic heterocycles. The van der Waals surface area contributed by atoms with Crippen molar-refractivity contribution in [1.29, 1.82) is 0 Å². The number of hydrogen-bond acceptors (Lipinski definition) is 2. The Morgan fingerprint density at radius 2 is 1.96 bits per heavy atom. The van der Waals surface area contributed by atoms with Gasteiger partial charge in [-0.3, -0.25) is 4.79 Å². The number of rotatable bonds is 3. The fraction of sp³-hybridized carbons (Fsp3) is 0.0588. The molecular weight excluding hydrogens is 360 g/mol. The number of fused-ring (bicyclic) bond motifs is 1. The van der Waals surface area contributed by atoms with Crippen molar-refractivity contribution in [2.45, 2.75) is 6.92 Å². The van der Waals surface area contributed by atoms with Crippen LogP contribution in [0.4, 0.5) is 5.69 Å². The van der Waals surface area contributed by atoms with Gasteiger partial charge < -0.3 is 15.4 Å². The minimum absolute atomic E-state index is 0.124. The summed E-state index contributed by atoms with van der Waals surface area (Å²) in [6.07, 6.45) is 0. The van der Waals surface area contributed by atoms with Crippen molar-refractivity contribution in [2.24, 2.45) is 0 Å². The molecule has 0 spiro atoms. The Hall–Kier alpha value is -2.60. The average Bonchev–Trinajstić information content (AvgIpc) is 2.92. The second-order valence-corrected chi connectivity index (χ2v) is 6.13. The van der Waals surface area contributed by atoms with Crippen LogP contribution in [0.5, 0.6) is 0 Å². The van der Waals surface area contributed by atoms with E-state index in [9.17, 15) is 9.59 Å².